The second-order valence-corrected chi connectivity index (χ2v) is 6.26. The van der Waals surface area contributed by atoms with Crippen LogP contribution >= 0.6 is 0 Å². The van der Waals surface area contributed by atoms with Gasteiger partial charge in [0.25, 0.3) is 0 Å². The molecule has 2 aliphatic carbocycles. The fourth-order valence-electron chi connectivity index (χ4n) is 3.73. The number of carbonyl (C=O) groups is 1. The molecule has 18 heavy (non-hydrogen) atoms. The van der Waals surface area contributed by atoms with Gasteiger partial charge in [-0.25, -0.2) is 0 Å². The van der Waals surface area contributed by atoms with Crippen LogP contribution in [0.4, 0.5) is 0 Å². The zero-order valence-electron chi connectivity index (χ0n) is 11.6. The van der Waals surface area contributed by atoms with Crippen molar-refractivity contribution in [3.05, 3.63) is 0 Å². The lowest BCUT2D eigenvalue weighted by Crippen LogP contribution is -2.61. The van der Waals surface area contributed by atoms with Crippen molar-refractivity contribution in [3.8, 4) is 0 Å². The Kier molecular flexibility index (Phi) is 4.66. The van der Waals surface area contributed by atoms with Gasteiger partial charge in [0.2, 0.25) is 0 Å². The van der Waals surface area contributed by atoms with E-state index >= 15 is 0 Å². The van der Waals surface area contributed by atoms with Crippen LogP contribution in [-0.4, -0.2) is 22.7 Å². The number of hydrogen-bond acceptors (Lipinski definition) is 2. The number of carboxylic acids is 1. The highest BCUT2D eigenvalue weighted by Gasteiger charge is 2.45. The zero-order chi connectivity index (χ0) is 13.0. The summed E-state index contributed by atoms with van der Waals surface area (Å²) in [7, 11) is 0. The van der Waals surface area contributed by atoms with Crippen LogP contribution in [0.3, 0.4) is 0 Å². The van der Waals surface area contributed by atoms with Crippen LogP contribution < -0.4 is 5.32 Å². The van der Waals surface area contributed by atoms with Crippen LogP contribution in [0.2, 0.25) is 0 Å². The van der Waals surface area contributed by atoms with Crippen LogP contribution in [0, 0.1) is 5.92 Å². The number of rotatable bonds is 3. The molecule has 0 radical (unpaired) electrons. The molecule has 0 aromatic carbocycles. The lowest BCUT2D eigenvalue weighted by molar-refractivity contribution is -0.149. The minimum atomic E-state index is -0.646. The van der Waals surface area contributed by atoms with E-state index in [1.807, 2.05) is 0 Å². The fraction of sp³-hybridized carbons (Fsp3) is 0.933. The van der Waals surface area contributed by atoms with Gasteiger partial charge in [0, 0.05) is 6.04 Å². The second-order valence-electron chi connectivity index (χ2n) is 6.26. The average Bonchev–Trinajstić information content (AvgIpc) is 2.60. The summed E-state index contributed by atoms with van der Waals surface area (Å²) in [5.74, 6) is -0.369. The maximum absolute atomic E-state index is 11.8. The van der Waals surface area contributed by atoms with E-state index in [-0.39, 0.29) is 5.92 Å². The predicted octanol–water partition coefficient (Wildman–Crippen LogP) is 3.33. The highest BCUT2D eigenvalue weighted by atomic mass is 16.4. The molecule has 0 aromatic heterocycles. The van der Waals surface area contributed by atoms with E-state index in [1.54, 1.807) is 0 Å². The quantitative estimate of drug-likeness (QED) is 0.758. The molecule has 2 fully saturated rings. The van der Waals surface area contributed by atoms with Gasteiger partial charge in [0.05, 0.1) is 0 Å². The summed E-state index contributed by atoms with van der Waals surface area (Å²) in [4.78, 5) is 11.8. The Balaban J connectivity index is 2.06. The van der Waals surface area contributed by atoms with E-state index < -0.39 is 11.5 Å². The van der Waals surface area contributed by atoms with E-state index in [4.69, 9.17) is 0 Å². The molecular formula is C15H27NO2. The minimum Gasteiger partial charge on any atom is -0.480 e. The summed E-state index contributed by atoms with van der Waals surface area (Å²) in [6.45, 7) is 2.11. The monoisotopic (exact) mass is 253 g/mol. The lowest BCUT2D eigenvalue weighted by atomic mass is 9.73. The van der Waals surface area contributed by atoms with Crippen molar-refractivity contribution in [1.82, 2.24) is 5.32 Å². The van der Waals surface area contributed by atoms with Crippen molar-refractivity contribution in [1.29, 1.82) is 0 Å². The molecule has 2 N–H and O–H groups in total. The zero-order valence-corrected chi connectivity index (χ0v) is 11.6. The molecule has 0 heterocycles. The van der Waals surface area contributed by atoms with Crippen LogP contribution in [0.5, 0.6) is 0 Å². The van der Waals surface area contributed by atoms with E-state index in [0.29, 0.717) is 6.04 Å². The van der Waals surface area contributed by atoms with Gasteiger partial charge in [-0.15, -0.1) is 0 Å². The molecule has 2 atom stereocenters. The summed E-state index contributed by atoms with van der Waals surface area (Å²) < 4.78 is 0. The smallest absolute Gasteiger partial charge is 0.324 e. The fourth-order valence-corrected chi connectivity index (χ4v) is 3.73. The van der Waals surface area contributed by atoms with Gasteiger partial charge in [-0.05, 0) is 31.6 Å². The number of aliphatic carboxylic acids is 1. The molecule has 104 valence electrons. The van der Waals surface area contributed by atoms with Crippen molar-refractivity contribution in [2.45, 2.75) is 82.7 Å². The van der Waals surface area contributed by atoms with Crippen molar-refractivity contribution in [2.75, 3.05) is 0 Å². The Hall–Kier alpha value is -0.570. The van der Waals surface area contributed by atoms with Gasteiger partial charge in [-0.1, -0.05) is 45.4 Å². The van der Waals surface area contributed by atoms with Gasteiger partial charge >= 0.3 is 5.97 Å². The Bertz CT molecular complexity index is 284. The Morgan fingerprint density at radius 1 is 1.06 bits per heavy atom. The van der Waals surface area contributed by atoms with Gasteiger partial charge in [-0.2, -0.15) is 0 Å². The first-order valence-corrected chi connectivity index (χ1v) is 7.66. The molecule has 3 nitrogen and oxygen atoms in total. The van der Waals surface area contributed by atoms with Crippen LogP contribution in [0.1, 0.15) is 71.1 Å². The second kappa shape index (κ2) is 6.05. The summed E-state index contributed by atoms with van der Waals surface area (Å²) in [6, 6.07) is 0.421. The topological polar surface area (TPSA) is 49.3 Å². The van der Waals surface area contributed by atoms with Crippen LogP contribution in [-0.2, 0) is 4.79 Å². The Morgan fingerprint density at radius 3 is 2.22 bits per heavy atom. The molecule has 0 aliphatic heterocycles. The first kappa shape index (κ1) is 13.9. The standard InChI is InChI=1S/C15H27NO2/c1-12-8-6-7-11-15(12,14(17)18)16-13-9-4-2-3-5-10-13/h12-13,16H,2-11H2,1H3,(H,17,18). The summed E-state index contributed by atoms with van der Waals surface area (Å²) >= 11 is 0. The molecule has 0 amide bonds. The van der Waals surface area contributed by atoms with Gasteiger partial charge in [-0.3, -0.25) is 10.1 Å². The number of carboxylic acid groups (broad SMARTS) is 1. The predicted molar refractivity (Wildman–Crippen MR) is 72.6 cm³/mol. The van der Waals surface area contributed by atoms with Gasteiger partial charge in [0.15, 0.2) is 0 Å². The van der Waals surface area contributed by atoms with E-state index in [1.165, 1.54) is 32.1 Å². The molecule has 2 unspecified atom stereocenters. The lowest BCUT2D eigenvalue weighted by Gasteiger charge is -2.42. The first-order valence-electron chi connectivity index (χ1n) is 7.66. The molecule has 3 heteroatoms. The highest BCUT2D eigenvalue weighted by Crippen LogP contribution is 2.35. The third-order valence-electron chi connectivity index (χ3n) is 5.00. The largest absolute Gasteiger partial charge is 0.480 e. The Morgan fingerprint density at radius 2 is 1.67 bits per heavy atom. The van der Waals surface area contributed by atoms with Crippen LogP contribution in [0.25, 0.3) is 0 Å². The Labute approximate surface area is 110 Å². The van der Waals surface area contributed by atoms with E-state index in [0.717, 1.165) is 32.1 Å². The van der Waals surface area contributed by atoms with Crippen molar-refractivity contribution in [2.24, 2.45) is 5.92 Å². The third kappa shape index (κ3) is 2.87. The number of hydrogen-bond donors (Lipinski definition) is 2. The van der Waals surface area contributed by atoms with Gasteiger partial charge < -0.3 is 5.11 Å². The van der Waals surface area contributed by atoms with Crippen molar-refractivity contribution < 1.29 is 9.90 Å². The molecule has 2 aliphatic rings. The summed E-state index contributed by atoms with van der Waals surface area (Å²) in [6.07, 6.45) is 11.5. The van der Waals surface area contributed by atoms with Crippen molar-refractivity contribution >= 4 is 5.97 Å². The molecular weight excluding hydrogens is 226 g/mol. The molecule has 2 saturated carbocycles. The highest BCUT2D eigenvalue weighted by molar-refractivity contribution is 5.79. The molecule has 2 rings (SSSR count). The van der Waals surface area contributed by atoms with E-state index in [2.05, 4.69) is 12.2 Å². The molecule has 0 bridgehead atoms. The third-order valence-corrected chi connectivity index (χ3v) is 5.00. The van der Waals surface area contributed by atoms with E-state index in [9.17, 15) is 9.90 Å². The minimum absolute atomic E-state index is 0.256. The normalized spacial score (nSPS) is 35.1. The summed E-state index contributed by atoms with van der Waals surface area (Å²) in [5.41, 5.74) is -0.646. The first-order chi connectivity index (χ1) is 8.65. The number of nitrogens with one attached hydrogen (secondary N) is 1. The molecule has 0 saturated heterocycles. The maximum Gasteiger partial charge on any atom is 0.324 e. The molecule has 0 spiro atoms. The molecule has 0 aromatic rings. The maximum atomic E-state index is 11.8. The van der Waals surface area contributed by atoms with Crippen molar-refractivity contribution in [3.63, 3.8) is 0 Å². The van der Waals surface area contributed by atoms with Crippen LogP contribution in [0.15, 0.2) is 0 Å². The summed E-state index contributed by atoms with van der Waals surface area (Å²) in [5, 5.41) is 13.3. The average molecular weight is 253 g/mol. The van der Waals surface area contributed by atoms with Gasteiger partial charge in [0.1, 0.15) is 5.54 Å². The SMILES string of the molecule is CC1CCCCC1(NC1CCCCCC1)C(=O)O.